The molecule has 0 spiro atoms. The first-order valence-electron chi connectivity index (χ1n) is 10.2. The van der Waals surface area contributed by atoms with Crippen LogP contribution in [0.5, 0.6) is 17.2 Å². The average Bonchev–Trinajstić information content (AvgIpc) is 2.82. The van der Waals surface area contributed by atoms with Crippen LogP contribution in [0, 0.1) is 11.8 Å². The molecule has 0 aliphatic carbocycles. The number of methoxy groups -OCH3 is 1. The van der Waals surface area contributed by atoms with E-state index in [1.807, 2.05) is 0 Å². The molecule has 34 heavy (non-hydrogen) atoms. The summed E-state index contributed by atoms with van der Waals surface area (Å²) in [7, 11) is 1.36. The number of benzene rings is 3. The molecular weight excluding hydrogens is 449 g/mol. The molecule has 8 heteroatoms. The fourth-order valence-electron chi connectivity index (χ4n) is 2.92. The minimum Gasteiger partial charge on any atom is -0.481 e. The van der Waals surface area contributed by atoms with E-state index < -0.39 is 23.8 Å². The fourth-order valence-corrected chi connectivity index (χ4v) is 2.92. The van der Waals surface area contributed by atoms with E-state index in [4.69, 9.17) is 19.3 Å². The number of ether oxygens (including phenoxy) is 3. The van der Waals surface area contributed by atoms with Gasteiger partial charge in [0.2, 0.25) is 0 Å². The van der Waals surface area contributed by atoms with Crippen LogP contribution in [0.1, 0.15) is 16.7 Å². The summed E-state index contributed by atoms with van der Waals surface area (Å²) in [5.41, 5.74) is 0.852. The zero-order chi connectivity index (χ0) is 24.6. The summed E-state index contributed by atoms with van der Waals surface area (Å²) in [4.78, 5) is 11.0. The molecule has 0 heterocycles. The third-order valence-corrected chi connectivity index (χ3v) is 4.72. The number of carboxylic acids is 1. The maximum Gasteiger partial charge on any atom is 0.416 e. The highest BCUT2D eigenvalue weighted by Gasteiger charge is 2.30. The Labute approximate surface area is 194 Å². The molecule has 176 valence electrons. The van der Waals surface area contributed by atoms with Gasteiger partial charge in [-0.3, -0.25) is 0 Å². The molecule has 3 aromatic carbocycles. The predicted octanol–water partition coefficient (Wildman–Crippen LogP) is 5.57. The Morgan fingerprint density at radius 3 is 2.00 bits per heavy atom. The summed E-state index contributed by atoms with van der Waals surface area (Å²) >= 11 is 0. The van der Waals surface area contributed by atoms with Crippen LogP contribution in [0.15, 0.2) is 72.8 Å². The maximum atomic E-state index is 12.6. The zero-order valence-electron chi connectivity index (χ0n) is 18.1. The number of hydrogen-bond donors (Lipinski definition) is 1. The molecule has 3 rings (SSSR count). The number of carboxylic acid groups (broad SMARTS) is 1. The van der Waals surface area contributed by atoms with Crippen molar-refractivity contribution < 1.29 is 37.3 Å². The smallest absolute Gasteiger partial charge is 0.416 e. The number of carbonyl (C=O) groups is 1. The van der Waals surface area contributed by atoms with Crippen LogP contribution in [0.3, 0.4) is 0 Å². The lowest BCUT2D eigenvalue weighted by atomic mass is 10.1. The van der Waals surface area contributed by atoms with Gasteiger partial charge in [-0.05, 0) is 66.2 Å². The van der Waals surface area contributed by atoms with Gasteiger partial charge >= 0.3 is 12.1 Å². The Bertz CT molecular complexity index is 1140. The number of halogens is 3. The van der Waals surface area contributed by atoms with Crippen LogP contribution in [0.2, 0.25) is 0 Å². The van der Waals surface area contributed by atoms with Crippen molar-refractivity contribution in [1.29, 1.82) is 0 Å². The van der Waals surface area contributed by atoms with Crippen molar-refractivity contribution in [2.24, 2.45) is 0 Å². The number of hydrogen-bond acceptors (Lipinski definition) is 4. The van der Waals surface area contributed by atoms with Crippen molar-refractivity contribution in [3.05, 3.63) is 89.5 Å². The predicted molar refractivity (Wildman–Crippen MR) is 119 cm³/mol. The lowest BCUT2D eigenvalue weighted by Crippen LogP contribution is -2.24. The summed E-state index contributed by atoms with van der Waals surface area (Å²) in [5.74, 6) is 6.16. The molecule has 0 unspecified atom stereocenters. The quantitative estimate of drug-likeness (QED) is 0.436. The second-order valence-electron chi connectivity index (χ2n) is 7.15. The molecule has 0 radical (unpaired) electrons. The number of rotatable bonds is 8. The van der Waals surface area contributed by atoms with Gasteiger partial charge in [0.15, 0.2) is 6.10 Å². The van der Waals surface area contributed by atoms with E-state index in [2.05, 4.69) is 11.8 Å². The van der Waals surface area contributed by atoms with Crippen LogP contribution in [0.4, 0.5) is 13.2 Å². The van der Waals surface area contributed by atoms with Gasteiger partial charge in [-0.25, -0.2) is 4.79 Å². The fraction of sp³-hybridized carbons (Fsp3) is 0.192. The van der Waals surface area contributed by atoms with Crippen molar-refractivity contribution in [2.45, 2.75) is 18.7 Å². The van der Waals surface area contributed by atoms with Crippen LogP contribution in [-0.2, 0) is 22.1 Å². The Morgan fingerprint density at radius 2 is 1.47 bits per heavy atom. The van der Waals surface area contributed by atoms with Gasteiger partial charge in [0.1, 0.15) is 23.9 Å². The van der Waals surface area contributed by atoms with Gasteiger partial charge in [0.25, 0.3) is 0 Å². The van der Waals surface area contributed by atoms with Gasteiger partial charge in [-0.1, -0.05) is 24.0 Å². The van der Waals surface area contributed by atoms with E-state index in [1.165, 1.54) is 19.2 Å². The summed E-state index contributed by atoms with van der Waals surface area (Å²) in [5, 5.41) is 9.04. The SMILES string of the molecule is CO[C@@H](Cc1ccc(C#CCOc2ccc(Oc3ccc(C(F)(F)F)cc3)cc2)cc1)C(=O)O. The van der Waals surface area contributed by atoms with Gasteiger partial charge in [0, 0.05) is 19.1 Å². The van der Waals surface area contributed by atoms with E-state index in [0.717, 1.165) is 23.3 Å². The Hall–Kier alpha value is -3.96. The minimum atomic E-state index is -4.39. The third kappa shape index (κ3) is 7.29. The van der Waals surface area contributed by atoms with Crippen LogP contribution >= 0.6 is 0 Å². The normalized spacial score (nSPS) is 11.8. The molecule has 0 aliphatic rings. The molecule has 5 nitrogen and oxygen atoms in total. The first kappa shape index (κ1) is 24.7. The Balaban J connectivity index is 1.48. The van der Waals surface area contributed by atoms with Crippen molar-refractivity contribution in [2.75, 3.05) is 13.7 Å². The average molecular weight is 470 g/mol. The van der Waals surface area contributed by atoms with E-state index in [1.54, 1.807) is 48.5 Å². The summed E-state index contributed by atoms with van der Waals surface area (Å²) in [6.45, 7) is 0.144. The highest BCUT2D eigenvalue weighted by atomic mass is 19.4. The Morgan fingerprint density at radius 1 is 0.912 bits per heavy atom. The van der Waals surface area contributed by atoms with E-state index in [-0.39, 0.29) is 13.0 Å². The Kier molecular flexibility index (Phi) is 8.17. The third-order valence-electron chi connectivity index (χ3n) is 4.72. The van der Waals surface area contributed by atoms with Gasteiger partial charge in [-0.15, -0.1) is 0 Å². The molecular formula is C26H21F3O5. The second-order valence-corrected chi connectivity index (χ2v) is 7.15. The molecule has 3 aromatic rings. The van der Waals surface area contributed by atoms with Gasteiger partial charge in [0.05, 0.1) is 5.56 Å². The van der Waals surface area contributed by atoms with Gasteiger partial charge < -0.3 is 19.3 Å². The van der Waals surface area contributed by atoms with Crippen molar-refractivity contribution in [3.63, 3.8) is 0 Å². The van der Waals surface area contributed by atoms with Crippen LogP contribution in [0.25, 0.3) is 0 Å². The van der Waals surface area contributed by atoms with Crippen molar-refractivity contribution >= 4 is 5.97 Å². The molecule has 0 bridgehead atoms. The summed E-state index contributed by atoms with van der Waals surface area (Å²) < 4.78 is 53.9. The van der Waals surface area contributed by atoms with Crippen molar-refractivity contribution in [1.82, 2.24) is 0 Å². The molecule has 0 fully saturated rings. The molecule has 0 aliphatic heterocycles. The lowest BCUT2D eigenvalue weighted by molar-refractivity contribution is -0.148. The summed E-state index contributed by atoms with van der Waals surface area (Å²) in [6.07, 6.45) is -5.02. The van der Waals surface area contributed by atoms with Crippen LogP contribution in [-0.4, -0.2) is 30.9 Å². The molecule has 0 amide bonds. The standard InChI is InChI=1S/C26H21F3O5/c1-32-24(25(30)31)17-19-6-4-18(5-7-19)3-2-16-33-21-12-14-23(15-13-21)34-22-10-8-20(9-11-22)26(27,28)29/h4-15,24H,16-17H2,1H3,(H,30,31)/t24-/m0/s1. The van der Waals surface area contributed by atoms with E-state index in [0.29, 0.717) is 17.2 Å². The highest BCUT2D eigenvalue weighted by molar-refractivity contribution is 5.72. The molecule has 0 saturated carbocycles. The molecule has 1 N–H and O–H groups in total. The largest absolute Gasteiger partial charge is 0.481 e. The van der Waals surface area contributed by atoms with E-state index >= 15 is 0 Å². The molecule has 0 aromatic heterocycles. The van der Waals surface area contributed by atoms with Gasteiger partial charge in [-0.2, -0.15) is 13.2 Å². The number of alkyl halides is 3. The second kappa shape index (κ2) is 11.3. The summed E-state index contributed by atoms with van der Waals surface area (Å²) in [6, 6.07) is 18.3. The maximum absolute atomic E-state index is 12.6. The highest BCUT2D eigenvalue weighted by Crippen LogP contribution is 2.31. The first-order chi connectivity index (χ1) is 16.2. The first-order valence-corrected chi connectivity index (χ1v) is 10.2. The monoisotopic (exact) mass is 470 g/mol. The topological polar surface area (TPSA) is 65.0 Å². The molecule has 1 atom stereocenters. The van der Waals surface area contributed by atoms with E-state index in [9.17, 15) is 18.0 Å². The van der Waals surface area contributed by atoms with Crippen LogP contribution < -0.4 is 9.47 Å². The number of aliphatic carboxylic acids is 1. The zero-order valence-corrected chi connectivity index (χ0v) is 18.1. The van der Waals surface area contributed by atoms with Crippen molar-refractivity contribution in [3.8, 4) is 29.1 Å². The minimum absolute atomic E-state index is 0.144. The lowest BCUT2D eigenvalue weighted by Gasteiger charge is -2.10. The molecule has 0 saturated heterocycles.